The molecule has 0 saturated carbocycles. The lowest BCUT2D eigenvalue weighted by Crippen LogP contribution is -2.33. The molecule has 0 aromatic heterocycles. The van der Waals surface area contributed by atoms with Gasteiger partial charge in [0.05, 0.1) is 11.7 Å². The zero-order valence-corrected chi connectivity index (χ0v) is 21.2. The first-order chi connectivity index (χ1) is 18.0. The molecule has 0 unspecified atom stereocenters. The molecule has 0 bridgehead atoms. The lowest BCUT2D eigenvalue weighted by molar-refractivity contribution is -0.129. The van der Waals surface area contributed by atoms with E-state index >= 15 is 0 Å². The van der Waals surface area contributed by atoms with Gasteiger partial charge >= 0.3 is 0 Å². The Balaban J connectivity index is 1.51. The number of thiocarbonyl (C=S) groups is 1. The Kier molecular flexibility index (Phi) is 11.0. The summed E-state index contributed by atoms with van der Waals surface area (Å²) >= 11 is 5.48. The van der Waals surface area contributed by atoms with Crippen molar-refractivity contribution in [1.82, 2.24) is 16.1 Å². The summed E-state index contributed by atoms with van der Waals surface area (Å²) in [6.07, 6.45) is 3.29. The molecule has 0 saturated heterocycles. The first-order valence-corrected chi connectivity index (χ1v) is 12.6. The van der Waals surface area contributed by atoms with E-state index in [1.54, 1.807) is 11.5 Å². The van der Waals surface area contributed by atoms with E-state index < -0.39 is 11.7 Å². The Morgan fingerprint density at radius 2 is 1.49 bits per heavy atom. The maximum Gasteiger partial charge on any atom is 0.251 e. The van der Waals surface area contributed by atoms with Crippen LogP contribution in [0.25, 0.3) is 0 Å². The van der Waals surface area contributed by atoms with Gasteiger partial charge in [-0.2, -0.15) is 0 Å². The highest BCUT2D eigenvalue weighted by molar-refractivity contribution is 7.80. The van der Waals surface area contributed by atoms with Gasteiger partial charge in [-0.3, -0.25) is 14.8 Å². The number of benzene rings is 3. The molecule has 0 aliphatic rings. The van der Waals surface area contributed by atoms with Gasteiger partial charge in [-0.1, -0.05) is 73.5 Å². The second-order valence-electron chi connectivity index (χ2n) is 8.50. The van der Waals surface area contributed by atoms with Gasteiger partial charge < -0.3 is 16.0 Å². The Bertz CT molecular complexity index is 1140. The van der Waals surface area contributed by atoms with Gasteiger partial charge in [0.2, 0.25) is 5.91 Å². The molecular weight excluding hydrogens is 491 g/mol. The highest BCUT2D eigenvalue weighted by atomic mass is 32.1. The minimum Gasteiger partial charge on any atom is -0.352 e. The summed E-state index contributed by atoms with van der Waals surface area (Å²) in [4.78, 5) is 23.3. The average molecular weight is 523 g/mol. The summed E-state index contributed by atoms with van der Waals surface area (Å²) in [7, 11) is 0. The summed E-state index contributed by atoms with van der Waals surface area (Å²) in [6.45, 7) is 0.445. The molecule has 0 heterocycles. The van der Waals surface area contributed by atoms with E-state index in [2.05, 4.69) is 16.0 Å². The third kappa shape index (κ3) is 8.96. The number of anilines is 1. The largest absolute Gasteiger partial charge is 0.352 e. The van der Waals surface area contributed by atoms with Crippen molar-refractivity contribution >= 4 is 34.8 Å². The molecule has 0 atom stereocenters. The molecule has 3 aromatic carbocycles. The molecule has 3 aromatic rings. The van der Waals surface area contributed by atoms with Crippen LogP contribution < -0.4 is 21.4 Å². The monoisotopic (exact) mass is 522 g/mol. The minimum atomic E-state index is -0.588. The summed E-state index contributed by atoms with van der Waals surface area (Å²) in [5.74, 6) is -1.36. The number of hydroxylamine groups is 1. The zero-order chi connectivity index (χ0) is 26.5. The maximum absolute atomic E-state index is 14.8. The number of rotatable bonds is 12. The van der Waals surface area contributed by atoms with Crippen molar-refractivity contribution < 1.29 is 19.2 Å². The first-order valence-electron chi connectivity index (χ1n) is 12.2. The van der Waals surface area contributed by atoms with Gasteiger partial charge in [0.15, 0.2) is 5.11 Å². The number of hydrogen-bond acceptors (Lipinski definition) is 4. The van der Waals surface area contributed by atoms with Crippen LogP contribution in [0.4, 0.5) is 10.1 Å². The van der Waals surface area contributed by atoms with Crippen molar-refractivity contribution in [3.8, 4) is 0 Å². The predicted octanol–water partition coefficient (Wildman–Crippen LogP) is 5.09. The number of halogens is 1. The Hall–Kier alpha value is -3.82. The van der Waals surface area contributed by atoms with Crippen molar-refractivity contribution in [2.45, 2.75) is 38.1 Å². The van der Waals surface area contributed by atoms with E-state index in [4.69, 9.17) is 17.4 Å². The smallest absolute Gasteiger partial charge is 0.251 e. The number of carbonyl (C=O) groups is 2. The molecule has 194 valence electrons. The molecule has 9 heteroatoms. The SMILES string of the molecule is O=C(CCCCCCNC(=O)c1ccc(NC(=S)NC(c2ccccc2)c2ccccc2)c(F)c1)NO. The van der Waals surface area contributed by atoms with Crippen LogP contribution in [-0.4, -0.2) is 28.7 Å². The quantitative estimate of drug-likeness (QED) is 0.0983. The fourth-order valence-electron chi connectivity index (χ4n) is 3.82. The van der Waals surface area contributed by atoms with E-state index in [9.17, 15) is 14.0 Å². The molecule has 0 aliphatic heterocycles. The lowest BCUT2D eigenvalue weighted by Gasteiger charge is -2.22. The second kappa shape index (κ2) is 14.7. The van der Waals surface area contributed by atoms with E-state index in [1.807, 2.05) is 60.7 Å². The van der Waals surface area contributed by atoms with E-state index in [0.29, 0.717) is 13.0 Å². The summed E-state index contributed by atoms with van der Waals surface area (Å²) in [5, 5.41) is 17.6. The van der Waals surface area contributed by atoms with E-state index in [-0.39, 0.29) is 34.7 Å². The number of carbonyl (C=O) groups excluding carboxylic acids is 2. The van der Waals surface area contributed by atoms with Crippen molar-refractivity contribution in [3.63, 3.8) is 0 Å². The van der Waals surface area contributed by atoms with Crippen molar-refractivity contribution in [1.29, 1.82) is 0 Å². The number of nitrogens with one attached hydrogen (secondary N) is 4. The predicted molar refractivity (Wildman–Crippen MR) is 146 cm³/mol. The van der Waals surface area contributed by atoms with Crippen LogP contribution in [0.5, 0.6) is 0 Å². The summed E-state index contributed by atoms with van der Waals surface area (Å²) < 4.78 is 14.8. The van der Waals surface area contributed by atoms with Gasteiger partial charge in [0.1, 0.15) is 5.82 Å². The molecule has 37 heavy (non-hydrogen) atoms. The van der Waals surface area contributed by atoms with Crippen molar-refractivity contribution in [3.05, 3.63) is 101 Å². The highest BCUT2D eigenvalue weighted by Gasteiger charge is 2.16. The number of amides is 2. The van der Waals surface area contributed by atoms with Crippen LogP contribution in [-0.2, 0) is 4.79 Å². The number of hydrogen-bond donors (Lipinski definition) is 5. The third-order valence-corrected chi connectivity index (χ3v) is 5.98. The fourth-order valence-corrected chi connectivity index (χ4v) is 4.05. The molecule has 7 nitrogen and oxygen atoms in total. The van der Waals surface area contributed by atoms with Crippen LogP contribution in [0.1, 0.15) is 59.6 Å². The van der Waals surface area contributed by atoms with E-state index in [1.165, 1.54) is 12.1 Å². The van der Waals surface area contributed by atoms with Crippen LogP contribution in [0.2, 0.25) is 0 Å². The van der Waals surface area contributed by atoms with Crippen molar-refractivity contribution in [2.75, 3.05) is 11.9 Å². The van der Waals surface area contributed by atoms with Crippen LogP contribution >= 0.6 is 12.2 Å². The molecule has 5 N–H and O–H groups in total. The van der Waals surface area contributed by atoms with Gasteiger partial charge in [0, 0.05) is 18.5 Å². The average Bonchev–Trinajstić information content (AvgIpc) is 2.93. The van der Waals surface area contributed by atoms with Gasteiger partial charge in [-0.25, -0.2) is 9.87 Å². The standard InChI is InChI=1S/C28H31FN4O3S/c29-23-19-22(27(35)30-18-10-2-1-9-15-25(34)33-36)16-17-24(23)31-28(37)32-26(20-11-5-3-6-12-20)21-13-7-4-8-14-21/h3-8,11-14,16-17,19,26,36H,1-2,9-10,15,18H2,(H,30,35)(H,33,34)(H2,31,32,37). The van der Waals surface area contributed by atoms with Gasteiger partial charge in [-0.05, 0) is 54.4 Å². The Morgan fingerprint density at radius 3 is 2.08 bits per heavy atom. The summed E-state index contributed by atoms with van der Waals surface area (Å²) in [6, 6.07) is 23.7. The fraction of sp³-hybridized carbons (Fsp3) is 0.250. The van der Waals surface area contributed by atoms with Gasteiger partial charge in [-0.15, -0.1) is 0 Å². The third-order valence-electron chi connectivity index (χ3n) is 5.76. The van der Waals surface area contributed by atoms with Gasteiger partial charge in [0.25, 0.3) is 5.91 Å². The lowest BCUT2D eigenvalue weighted by atomic mass is 9.99. The first kappa shape index (κ1) is 27.8. The molecule has 3 rings (SSSR count). The second-order valence-corrected chi connectivity index (χ2v) is 8.91. The minimum absolute atomic E-state index is 0.167. The van der Waals surface area contributed by atoms with E-state index in [0.717, 1.165) is 30.4 Å². The summed E-state index contributed by atoms with van der Waals surface area (Å²) in [5.41, 5.74) is 4.01. The Morgan fingerprint density at radius 1 is 0.865 bits per heavy atom. The molecule has 0 radical (unpaired) electrons. The van der Waals surface area contributed by atoms with Crippen LogP contribution in [0.15, 0.2) is 78.9 Å². The zero-order valence-electron chi connectivity index (χ0n) is 20.4. The molecule has 0 fully saturated rings. The molecule has 0 spiro atoms. The molecule has 2 amide bonds. The normalized spacial score (nSPS) is 10.6. The van der Waals surface area contributed by atoms with Crippen LogP contribution in [0, 0.1) is 5.82 Å². The molecular formula is C28H31FN4O3S. The highest BCUT2D eigenvalue weighted by Crippen LogP contribution is 2.22. The molecule has 0 aliphatic carbocycles. The van der Waals surface area contributed by atoms with Crippen molar-refractivity contribution in [2.24, 2.45) is 0 Å². The number of unbranched alkanes of at least 4 members (excludes halogenated alkanes) is 3. The van der Waals surface area contributed by atoms with Crippen LogP contribution in [0.3, 0.4) is 0 Å². The topological polar surface area (TPSA) is 102 Å². The Labute approximate surface area is 221 Å². The maximum atomic E-state index is 14.8.